The van der Waals surface area contributed by atoms with Gasteiger partial charge in [-0.25, -0.2) is 4.79 Å². The van der Waals surface area contributed by atoms with E-state index in [0.29, 0.717) is 6.42 Å². The Bertz CT molecular complexity index is 639. The van der Waals surface area contributed by atoms with Crippen LogP contribution >= 0.6 is 0 Å². The molecular formula is C17H28N4O4. The van der Waals surface area contributed by atoms with Crippen LogP contribution in [0.4, 0.5) is 0 Å². The van der Waals surface area contributed by atoms with Crippen LogP contribution in [-0.4, -0.2) is 56.7 Å². The van der Waals surface area contributed by atoms with Gasteiger partial charge in [-0.15, -0.1) is 0 Å². The van der Waals surface area contributed by atoms with Gasteiger partial charge >= 0.3 is 5.97 Å². The van der Waals surface area contributed by atoms with E-state index >= 15 is 0 Å². The Kier molecular flexibility index (Phi) is 7.60. The second kappa shape index (κ2) is 9.19. The van der Waals surface area contributed by atoms with E-state index in [2.05, 4.69) is 10.4 Å². The number of aliphatic carboxylic acids is 1. The third-order valence-corrected chi connectivity index (χ3v) is 4.23. The third-order valence-electron chi connectivity index (χ3n) is 4.23. The zero-order valence-electron chi connectivity index (χ0n) is 15.6. The van der Waals surface area contributed by atoms with Gasteiger partial charge in [0, 0.05) is 38.3 Å². The van der Waals surface area contributed by atoms with Crippen LogP contribution in [0.2, 0.25) is 0 Å². The van der Waals surface area contributed by atoms with Crippen LogP contribution in [0.1, 0.15) is 44.6 Å². The maximum atomic E-state index is 12.8. The minimum absolute atomic E-state index is 0.109. The van der Waals surface area contributed by atoms with E-state index in [1.54, 1.807) is 4.68 Å². The van der Waals surface area contributed by atoms with E-state index in [-0.39, 0.29) is 31.3 Å². The molecule has 140 valence electrons. The first kappa shape index (κ1) is 20.7. The summed E-state index contributed by atoms with van der Waals surface area (Å²) in [5.41, 5.74) is 2.71. The maximum Gasteiger partial charge on any atom is 0.326 e. The first-order chi connectivity index (χ1) is 11.7. The molecular weight excluding hydrogens is 324 g/mol. The number of nitrogens with zero attached hydrogens (tertiary/aromatic N) is 3. The molecule has 0 aliphatic carbocycles. The number of carboxylic acids is 1. The van der Waals surface area contributed by atoms with E-state index in [1.165, 1.54) is 18.7 Å². The van der Waals surface area contributed by atoms with Crippen molar-refractivity contribution in [2.45, 2.75) is 53.0 Å². The lowest BCUT2D eigenvalue weighted by Gasteiger charge is -2.27. The highest BCUT2D eigenvalue weighted by molar-refractivity contribution is 5.85. The molecule has 0 aliphatic heterocycles. The number of nitrogens with one attached hydrogen (secondary N) is 1. The van der Waals surface area contributed by atoms with Crippen LogP contribution in [0.5, 0.6) is 0 Å². The summed E-state index contributed by atoms with van der Waals surface area (Å²) in [6, 6.07) is -0.965. The standard InChI is InChI=1S/C17H28N4O4/c1-6-14-13(15(7-2)20(5)19-14)10-16(23)21(11(3)17(24)25)9-8-18-12(4)22/h11H,6-10H2,1-5H3,(H,18,22)(H,24,25). The van der Waals surface area contributed by atoms with Gasteiger partial charge in [-0.05, 0) is 19.8 Å². The zero-order chi connectivity index (χ0) is 19.1. The Hall–Kier alpha value is -2.38. The molecule has 1 atom stereocenters. The second-order valence-electron chi connectivity index (χ2n) is 5.96. The van der Waals surface area contributed by atoms with Crippen LogP contribution < -0.4 is 5.32 Å². The predicted molar refractivity (Wildman–Crippen MR) is 93.2 cm³/mol. The summed E-state index contributed by atoms with van der Waals surface area (Å²) in [6.45, 7) is 7.19. The van der Waals surface area contributed by atoms with Gasteiger partial charge in [-0.1, -0.05) is 13.8 Å². The lowest BCUT2D eigenvalue weighted by molar-refractivity contribution is -0.149. The molecule has 0 spiro atoms. The van der Waals surface area contributed by atoms with Gasteiger partial charge in [0.05, 0.1) is 12.1 Å². The van der Waals surface area contributed by atoms with Gasteiger partial charge in [0.15, 0.2) is 0 Å². The molecule has 2 amide bonds. The topological polar surface area (TPSA) is 105 Å². The van der Waals surface area contributed by atoms with Gasteiger partial charge in [0.25, 0.3) is 0 Å². The van der Waals surface area contributed by atoms with Gasteiger partial charge in [-0.2, -0.15) is 5.10 Å². The highest BCUT2D eigenvalue weighted by Gasteiger charge is 2.27. The van der Waals surface area contributed by atoms with Gasteiger partial charge in [0.2, 0.25) is 11.8 Å². The van der Waals surface area contributed by atoms with E-state index < -0.39 is 12.0 Å². The number of amides is 2. The molecule has 8 heteroatoms. The molecule has 0 bridgehead atoms. The molecule has 1 heterocycles. The minimum Gasteiger partial charge on any atom is -0.480 e. The Balaban J connectivity index is 3.01. The molecule has 0 aliphatic rings. The van der Waals surface area contributed by atoms with Gasteiger partial charge in [-0.3, -0.25) is 14.3 Å². The highest BCUT2D eigenvalue weighted by Crippen LogP contribution is 2.18. The van der Waals surface area contributed by atoms with Crippen LogP contribution in [0.15, 0.2) is 0 Å². The Labute approximate surface area is 148 Å². The number of hydrogen-bond donors (Lipinski definition) is 2. The smallest absolute Gasteiger partial charge is 0.326 e. The average Bonchev–Trinajstić information content (AvgIpc) is 2.85. The van der Waals surface area contributed by atoms with Crippen molar-refractivity contribution in [3.05, 3.63) is 17.0 Å². The fraction of sp³-hybridized carbons (Fsp3) is 0.647. The lowest BCUT2D eigenvalue weighted by atomic mass is 10.0. The number of carbonyl (C=O) groups excluding carboxylic acids is 2. The van der Waals surface area contributed by atoms with Crippen molar-refractivity contribution in [1.29, 1.82) is 0 Å². The van der Waals surface area contributed by atoms with E-state index in [9.17, 15) is 19.5 Å². The van der Waals surface area contributed by atoms with Crippen molar-refractivity contribution in [2.75, 3.05) is 13.1 Å². The molecule has 8 nitrogen and oxygen atoms in total. The lowest BCUT2D eigenvalue weighted by Crippen LogP contribution is -2.47. The van der Waals surface area contributed by atoms with E-state index in [4.69, 9.17) is 0 Å². The number of carbonyl (C=O) groups is 3. The van der Waals surface area contributed by atoms with Crippen LogP contribution in [0, 0.1) is 0 Å². The van der Waals surface area contributed by atoms with Gasteiger partial charge in [0.1, 0.15) is 6.04 Å². The molecule has 25 heavy (non-hydrogen) atoms. The van der Waals surface area contributed by atoms with Crippen molar-refractivity contribution < 1.29 is 19.5 Å². The molecule has 1 rings (SSSR count). The highest BCUT2D eigenvalue weighted by atomic mass is 16.4. The monoisotopic (exact) mass is 352 g/mol. The van der Waals surface area contributed by atoms with Crippen molar-refractivity contribution >= 4 is 17.8 Å². The molecule has 0 radical (unpaired) electrons. The van der Waals surface area contributed by atoms with Crippen molar-refractivity contribution in [1.82, 2.24) is 20.0 Å². The fourth-order valence-electron chi connectivity index (χ4n) is 2.87. The molecule has 0 saturated carbocycles. The zero-order valence-corrected chi connectivity index (χ0v) is 15.6. The van der Waals surface area contributed by atoms with Crippen LogP contribution in [0.3, 0.4) is 0 Å². The summed E-state index contributed by atoms with van der Waals surface area (Å²) < 4.78 is 1.78. The summed E-state index contributed by atoms with van der Waals surface area (Å²) in [6.07, 6.45) is 1.56. The molecule has 1 unspecified atom stereocenters. The van der Waals surface area contributed by atoms with Crippen molar-refractivity contribution in [3.63, 3.8) is 0 Å². The van der Waals surface area contributed by atoms with Gasteiger partial charge < -0.3 is 15.3 Å². The van der Waals surface area contributed by atoms with Crippen LogP contribution in [-0.2, 0) is 40.7 Å². The number of aromatic nitrogens is 2. The summed E-state index contributed by atoms with van der Waals surface area (Å²) in [7, 11) is 1.85. The predicted octanol–water partition coefficient (Wildman–Crippen LogP) is 0.525. The molecule has 0 aromatic carbocycles. The largest absolute Gasteiger partial charge is 0.480 e. The molecule has 0 fully saturated rings. The molecule has 1 aromatic rings. The van der Waals surface area contributed by atoms with E-state index in [1.807, 2.05) is 20.9 Å². The summed E-state index contributed by atoms with van der Waals surface area (Å²) in [5, 5.41) is 16.3. The molecule has 1 aromatic heterocycles. The number of hydrogen-bond acceptors (Lipinski definition) is 4. The summed E-state index contributed by atoms with van der Waals surface area (Å²) in [5.74, 6) is -1.57. The normalized spacial score (nSPS) is 11.9. The Morgan fingerprint density at radius 1 is 1.28 bits per heavy atom. The summed E-state index contributed by atoms with van der Waals surface area (Å²) in [4.78, 5) is 36.5. The average molecular weight is 352 g/mol. The Morgan fingerprint density at radius 3 is 2.40 bits per heavy atom. The Morgan fingerprint density at radius 2 is 1.92 bits per heavy atom. The second-order valence-corrected chi connectivity index (χ2v) is 5.96. The minimum atomic E-state index is -1.08. The van der Waals surface area contributed by atoms with E-state index in [0.717, 1.165) is 23.4 Å². The van der Waals surface area contributed by atoms with Crippen molar-refractivity contribution in [2.24, 2.45) is 7.05 Å². The van der Waals surface area contributed by atoms with Crippen LogP contribution in [0.25, 0.3) is 0 Å². The first-order valence-corrected chi connectivity index (χ1v) is 8.53. The third kappa shape index (κ3) is 5.30. The SMILES string of the molecule is CCc1nn(C)c(CC)c1CC(=O)N(CCNC(C)=O)C(C)C(=O)O. The van der Waals surface area contributed by atoms with Crippen molar-refractivity contribution in [3.8, 4) is 0 Å². The quantitative estimate of drug-likeness (QED) is 0.674. The maximum absolute atomic E-state index is 12.8. The fourth-order valence-corrected chi connectivity index (χ4v) is 2.87. The first-order valence-electron chi connectivity index (χ1n) is 8.53. The summed E-state index contributed by atoms with van der Waals surface area (Å²) >= 11 is 0. The molecule has 2 N–H and O–H groups in total. The number of carboxylic acid groups (broad SMARTS) is 1. The number of rotatable bonds is 9. The molecule has 0 saturated heterocycles. The number of aryl methyl sites for hydroxylation is 2.